The minimum atomic E-state index is -0.848. The molecule has 0 aromatic heterocycles. The molecule has 0 N–H and O–H groups in total. The van der Waals surface area contributed by atoms with Crippen molar-refractivity contribution < 1.29 is 14.3 Å². The highest BCUT2D eigenvalue weighted by molar-refractivity contribution is 14.1. The van der Waals surface area contributed by atoms with Crippen LogP contribution in [0.15, 0.2) is 12.1 Å². The van der Waals surface area contributed by atoms with Gasteiger partial charge in [0.25, 0.3) is 0 Å². The van der Waals surface area contributed by atoms with Crippen molar-refractivity contribution in [3.8, 4) is 17.9 Å². The van der Waals surface area contributed by atoms with E-state index in [2.05, 4.69) is 0 Å². The Bertz CT molecular complexity index is 592. The molecular formula is C13H11IN2O3. The summed E-state index contributed by atoms with van der Waals surface area (Å²) < 4.78 is 10.6. The first-order valence-corrected chi connectivity index (χ1v) is 6.39. The van der Waals surface area contributed by atoms with Gasteiger partial charge in [-0.25, -0.2) is 4.79 Å². The van der Waals surface area contributed by atoms with E-state index < -0.39 is 11.8 Å². The average molecular weight is 370 g/mol. The van der Waals surface area contributed by atoms with E-state index >= 15 is 0 Å². The highest BCUT2D eigenvalue weighted by atomic mass is 127. The molecule has 6 heteroatoms. The monoisotopic (exact) mass is 370 g/mol. The van der Waals surface area contributed by atoms with Gasteiger partial charge in [-0.05, 0) is 49.4 Å². The van der Waals surface area contributed by atoms with Crippen molar-refractivity contribution in [2.24, 2.45) is 0 Å². The molecule has 0 unspecified atom stereocenters. The summed E-state index contributed by atoms with van der Waals surface area (Å²) in [5.41, 5.74) is -0.266. The van der Waals surface area contributed by atoms with Gasteiger partial charge in [0.15, 0.2) is 0 Å². The Morgan fingerprint density at radius 3 is 2.21 bits per heavy atom. The summed E-state index contributed by atoms with van der Waals surface area (Å²) in [7, 11) is 0. The molecule has 1 rings (SSSR count). The van der Waals surface area contributed by atoms with Crippen molar-refractivity contribution in [2.45, 2.75) is 26.4 Å². The number of benzene rings is 1. The van der Waals surface area contributed by atoms with E-state index in [4.69, 9.17) is 20.0 Å². The predicted octanol–water partition coefficient (Wildman–Crippen LogP) is 3.35. The second-order valence-corrected chi connectivity index (χ2v) is 5.78. The van der Waals surface area contributed by atoms with Crippen LogP contribution in [0.4, 0.5) is 4.79 Å². The van der Waals surface area contributed by atoms with E-state index in [0.717, 1.165) is 0 Å². The largest absolute Gasteiger partial charge is 0.514 e. The first-order valence-electron chi connectivity index (χ1n) is 5.31. The summed E-state index contributed by atoms with van der Waals surface area (Å²) in [4.78, 5) is 11.5. The zero-order valence-corrected chi connectivity index (χ0v) is 12.8. The molecule has 0 radical (unpaired) electrons. The molecule has 1 aromatic rings. The molecule has 0 aliphatic heterocycles. The van der Waals surface area contributed by atoms with Crippen LogP contribution in [0.3, 0.4) is 0 Å². The molecule has 0 heterocycles. The Morgan fingerprint density at radius 1 is 1.21 bits per heavy atom. The molecule has 1 aromatic carbocycles. The second-order valence-electron chi connectivity index (χ2n) is 4.62. The van der Waals surface area contributed by atoms with E-state index in [1.807, 2.05) is 34.7 Å². The topological polar surface area (TPSA) is 83.1 Å². The van der Waals surface area contributed by atoms with Gasteiger partial charge in [0.05, 0.1) is 14.7 Å². The van der Waals surface area contributed by atoms with Crippen LogP contribution in [-0.4, -0.2) is 11.8 Å². The fourth-order valence-electron chi connectivity index (χ4n) is 1.18. The summed E-state index contributed by atoms with van der Waals surface area (Å²) >= 11 is 1.92. The van der Waals surface area contributed by atoms with Gasteiger partial charge < -0.3 is 9.47 Å². The van der Waals surface area contributed by atoms with Crippen molar-refractivity contribution in [1.82, 2.24) is 0 Å². The molecule has 5 nitrogen and oxygen atoms in total. The molecule has 0 aliphatic rings. The number of halogens is 1. The summed E-state index contributed by atoms with van der Waals surface area (Å²) in [6.45, 7) is 5.16. The van der Waals surface area contributed by atoms with Gasteiger partial charge in [-0.1, -0.05) is 0 Å². The summed E-state index contributed by atoms with van der Waals surface area (Å²) in [5.74, 6) is 0.199. The first kappa shape index (κ1) is 15.3. The van der Waals surface area contributed by atoms with Crippen molar-refractivity contribution in [1.29, 1.82) is 10.5 Å². The number of hydrogen-bond donors (Lipinski definition) is 0. The Kier molecular flexibility index (Phi) is 4.73. The molecule has 0 spiro atoms. The van der Waals surface area contributed by atoms with Crippen molar-refractivity contribution >= 4 is 28.7 Å². The van der Waals surface area contributed by atoms with Gasteiger partial charge in [0, 0.05) is 6.07 Å². The van der Waals surface area contributed by atoms with E-state index in [1.165, 1.54) is 12.1 Å². The minimum absolute atomic E-state index is 0.154. The lowest BCUT2D eigenvalue weighted by Crippen LogP contribution is -2.26. The molecular weight excluding hydrogens is 359 g/mol. The molecule has 0 saturated carbocycles. The zero-order valence-electron chi connectivity index (χ0n) is 10.7. The number of nitrogens with zero attached hydrogens (tertiary/aromatic N) is 2. The summed E-state index contributed by atoms with van der Waals surface area (Å²) in [5, 5.41) is 17.8. The molecule has 0 aliphatic carbocycles. The molecule has 19 heavy (non-hydrogen) atoms. The lowest BCUT2D eigenvalue weighted by atomic mass is 10.1. The van der Waals surface area contributed by atoms with Crippen molar-refractivity contribution in [2.75, 3.05) is 0 Å². The number of carbonyl (C=O) groups is 1. The van der Waals surface area contributed by atoms with Crippen LogP contribution in [0, 0.1) is 26.2 Å². The maximum absolute atomic E-state index is 11.5. The molecule has 0 saturated heterocycles. The second kappa shape index (κ2) is 5.89. The highest BCUT2D eigenvalue weighted by Gasteiger charge is 2.19. The third-order valence-electron chi connectivity index (χ3n) is 1.90. The molecule has 0 atom stereocenters. The Hall–Kier alpha value is -1.80. The van der Waals surface area contributed by atoms with E-state index in [9.17, 15) is 4.79 Å². The van der Waals surface area contributed by atoms with Gasteiger partial charge in [-0.2, -0.15) is 10.5 Å². The Morgan fingerprint density at radius 2 is 1.74 bits per heavy atom. The standard InChI is InChI=1S/C13H11IN2O3/c1-13(2,3)19-12(17)18-11-5-9(7-16)8(6-15)4-10(11)14/h4-5H,1-3H3. The fraction of sp³-hybridized carbons (Fsp3) is 0.308. The van der Waals surface area contributed by atoms with Gasteiger partial charge in [0.1, 0.15) is 23.5 Å². The van der Waals surface area contributed by atoms with Gasteiger partial charge in [-0.3, -0.25) is 0 Å². The molecule has 98 valence electrons. The third-order valence-corrected chi connectivity index (χ3v) is 2.74. The number of hydrogen-bond acceptors (Lipinski definition) is 5. The van der Waals surface area contributed by atoms with Crippen LogP contribution < -0.4 is 4.74 Å². The maximum atomic E-state index is 11.5. The SMILES string of the molecule is CC(C)(C)OC(=O)Oc1cc(C#N)c(C#N)cc1I. The third kappa shape index (κ3) is 4.42. The van der Waals surface area contributed by atoms with Crippen LogP contribution in [0.1, 0.15) is 31.9 Å². The Balaban J connectivity index is 3.01. The van der Waals surface area contributed by atoms with Gasteiger partial charge in [-0.15, -0.1) is 0 Å². The van der Waals surface area contributed by atoms with E-state index in [-0.39, 0.29) is 16.9 Å². The summed E-state index contributed by atoms with van der Waals surface area (Å²) in [6, 6.07) is 6.62. The fourth-order valence-corrected chi connectivity index (χ4v) is 1.75. The molecule has 0 amide bonds. The number of ether oxygens (including phenoxy) is 2. The van der Waals surface area contributed by atoms with Crippen LogP contribution in [0.2, 0.25) is 0 Å². The quantitative estimate of drug-likeness (QED) is 0.430. The van der Waals surface area contributed by atoms with Crippen LogP contribution in [-0.2, 0) is 4.74 Å². The summed E-state index contributed by atoms with van der Waals surface area (Å²) in [6.07, 6.45) is -0.848. The van der Waals surface area contributed by atoms with E-state index in [1.54, 1.807) is 20.8 Å². The lowest BCUT2D eigenvalue weighted by molar-refractivity contribution is 0.0204. The number of carbonyl (C=O) groups excluding carboxylic acids is 1. The minimum Gasteiger partial charge on any atom is -0.428 e. The van der Waals surface area contributed by atoms with Crippen LogP contribution >= 0.6 is 22.6 Å². The molecule has 0 fully saturated rings. The van der Waals surface area contributed by atoms with Crippen molar-refractivity contribution in [3.63, 3.8) is 0 Å². The average Bonchev–Trinajstić information content (AvgIpc) is 2.28. The molecule has 0 bridgehead atoms. The normalized spacial score (nSPS) is 10.2. The Labute approximate surface area is 124 Å². The smallest absolute Gasteiger partial charge is 0.428 e. The zero-order chi connectivity index (χ0) is 14.6. The van der Waals surface area contributed by atoms with E-state index in [0.29, 0.717) is 3.57 Å². The van der Waals surface area contributed by atoms with Crippen LogP contribution in [0.5, 0.6) is 5.75 Å². The van der Waals surface area contributed by atoms with Crippen molar-refractivity contribution in [3.05, 3.63) is 26.8 Å². The van der Waals surface area contributed by atoms with Gasteiger partial charge >= 0.3 is 6.16 Å². The number of rotatable bonds is 1. The lowest BCUT2D eigenvalue weighted by Gasteiger charge is -2.19. The first-order chi connectivity index (χ1) is 8.76. The highest BCUT2D eigenvalue weighted by Crippen LogP contribution is 2.26. The predicted molar refractivity (Wildman–Crippen MR) is 75.5 cm³/mol. The maximum Gasteiger partial charge on any atom is 0.514 e. The number of nitriles is 2. The van der Waals surface area contributed by atoms with Crippen LogP contribution in [0.25, 0.3) is 0 Å². The van der Waals surface area contributed by atoms with Gasteiger partial charge in [0.2, 0.25) is 0 Å².